The third-order valence-corrected chi connectivity index (χ3v) is 6.54. The van der Waals surface area contributed by atoms with Gasteiger partial charge in [-0.05, 0) is 54.3 Å². The van der Waals surface area contributed by atoms with Crippen molar-refractivity contribution in [1.82, 2.24) is 10.2 Å². The van der Waals surface area contributed by atoms with Gasteiger partial charge in [0.15, 0.2) is 11.5 Å². The van der Waals surface area contributed by atoms with Crippen molar-refractivity contribution in [3.05, 3.63) is 82.3 Å². The summed E-state index contributed by atoms with van der Waals surface area (Å²) in [6, 6.07) is 14.8. The van der Waals surface area contributed by atoms with Crippen molar-refractivity contribution in [2.75, 3.05) is 20.8 Å². The second-order valence-corrected chi connectivity index (χ2v) is 8.39. The largest absolute Gasteiger partial charge is 0.493 e. The zero-order valence-electron chi connectivity index (χ0n) is 18.9. The predicted octanol–water partition coefficient (Wildman–Crippen LogP) is 3.76. The summed E-state index contributed by atoms with van der Waals surface area (Å²) in [5.74, 6) is 1.55. The van der Waals surface area contributed by atoms with Crippen LogP contribution in [-0.4, -0.2) is 37.5 Å². The highest BCUT2D eigenvalue weighted by molar-refractivity contribution is 6.02. The summed E-state index contributed by atoms with van der Waals surface area (Å²) in [5.41, 5.74) is 3.28. The van der Waals surface area contributed by atoms with E-state index in [0.29, 0.717) is 34.9 Å². The average Bonchev–Trinajstić information content (AvgIpc) is 3.26. The minimum absolute atomic E-state index is 0.101. The van der Waals surface area contributed by atoms with Crippen molar-refractivity contribution < 1.29 is 23.5 Å². The molecule has 1 aromatic heterocycles. The number of ether oxygens (including phenoxy) is 2. The van der Waals surface area contributed by atoms with Crippen LogP contribution >= 0.6 is 0 Å². The molecule has 0 saturated heterocycles. The number of fused-ring (bicyclic) bond motifs is 4. The molecule has 0 spiro atoms. The van der Waals surface area contributed by atoms with Gasteiger partial charge >= 0.3 is 0 Å². The molecule has 2 amide bonds. The molecule has 3 aromatic rings. The van der Waals surface area contributed by atoms with Gasteiger partial charge in [0.25, 0.3) is 5.91 Å². The van der Waals surface area contributed by atoms with Crippen LogP contribution in [0.3, 0.4) is 0 Å². The Morgan fingerprint density at radius 1 is 1.09 bits per heavy atom. The van der Waals surface area contributed by atoms with Crippen LogP contribution in [0.15, 0.2) is 52.9 Å². The van der Waals surface area contributed by atoms with E-state index in [4.69, 9.17) is 13.9 Å². The Balaban J connectivity index is 1.62. The molecule has 0 fully saturated rings. The zero-order chi connectivity index (χ0) is 23.1. The Bertz CT molecular complexity index is 1230. The van der Waals surface area contributed by atoms with Crippen molar-refractivity contribution in [3.8, 4) is 11.5 Å². The molecule has 5 rings (SSSR count). The second-order valence-electron chi connectivity index (χ2n) is 8.39. The van der Waals surface area contributed by atoms with Gasteiger partial charge < -0.3 is 24.1 Å². The average molecular weight is 447 g/mol. The molecule has 7 nitrogen and oxygen atoms in total. The van der Waals surface area contributed by atoms with Gasteiger partial charge in [0.05, 0.1) is 32.7 Å². The molecule has 2 aromatic carbocycles. The Morgan fingerprint density at radius 3 is 2.58 bits per heavy atom. The van der Waals surface area contributed by atoms with Crippen molar-refractivity contribution in [1.29, 1.82) is 0 Å². The van der Waals surface area contributed by atoms with E-state index in [-0.39, 0.29) is 18.4 Å². The molecular formula is C26H26N2O5. The summed E-state index contributed by atoms with van der Waals surface area (Å²) in [6.07, 6.45) is 0.751. The van der Waals surface area contributed by atoms with Crippen LogP contribution in [-0.2, 0) is 17.8 Å². The summed E-state index contributed by atoms with van der Waals surface area (Å²) in [6.45, 7) is 2.69. The number of carbonyl (C=O) groups is 2. The molecule has 33 heavy (non-hydrogen) atoms. The van der Waals surface area contributed by atoms with Crippen molar-refractivity contribution >= 4 is 11.8 Å². The van der Waals surface area contributed by atoms with Crippen LogP contribution in [0.1, 0.15) is 50.5 Å². The number of amides is 2. The van der Waals surface area contributed by atoms with Gasteiger partial charge in [-0.2, -0.15) is 0 Å². The van der Waals surface area contributed by atoms with E-state index in [1.165, 1.54) is 7.11 Å². The summed E-state index contributed by atoms with van der Waals surface area (Å²) in [5, 5.41) is 3.02. The Kier molecular flexibility index (Phi) is 5.32. The van der Waals surface area contributed by atoms with Gasteiger partial charge in [-0.1, -0.05) is 24.3 Å². The Morgan fingerprint density at radius 2 is 1.85 bits per heavy atom. The smallest absolute Gasteiger partial charge is 0.254 e. The van der Waals surface area contributed by atoms with Crippen LogP contribution in [0, 0.1) is 6.92 Å². The lowest BCUT2D eigenvalue weighted by atomic mass is 9.75. The minimum atomic E-state index is -0.602. The van der Waals surface area contributed by atoms with E-state index in [0.717, 1.165) is 23.3 Å². The lowest BCUT2D eigenvalue weighted by molar-refractivity contribution is -0.124. The normalized spacial score (nSPS) is 18.8. The maximum atomic E-state index is 13.7. The molecule has 3 heterocycles. The highest BCUT2D eigenvalue weighted by Gasteiger charge is 2.46. The second kappa shape index (κ2) is 8.31. The molecule has 0 radical (unpaired) electrons. The van der Waals surface area contributed by atoms with E-state index in [2.05, 4.69) is 11.4 Å². The van der Waals surface area contributed by atoms with Crippen molar-refractivity contribution in [2.45, 2.75) is 31.8 Å². The van der Waals surface area contributed by atoms with Gasteiger partial charge in [-0.15, -0.1) is 0 Å². The number of nitrogens with one attached hydrogen (secondary N) is 1. The van der Waals surface area contributed by atoms with E-state index >= 15 is 0 Å². The van der Waals surface area contributed by atoms with Crippen LogP contribution in [0.4, 0.5) is 0 Å². The predicted molar refractivity (Wildman–Crippen MR) is 122 cm³/mol. The molecule has 2 aliphatic heterocycles. The van der Waals surface area contributed by atoms with Crippen molar-refractivity contribution in [2.24, 2.45) is 0 Å². The number of furan rings is 1. The molecule has 0 aliphatic carbocycles. The lowest BCUT2D eigenvalue weighted by Gasteiger charge is -2.45. The van der Waals surface area contributed by atoms with Crippen LogP contribution < -0.4 is 14.8 Å². The molecule has 0 bridgehead atoms. The number of aryl methyl sites for hydroxylation is 1. The summed E-state index contributed by atoms with van der Waals surface area (Å²) >= 11 is 0. The molecule has 170 valence electrons. The van der Waals surface area contributed by atoms with E-state index in [9.17, 15) is 9.59 Å². The Labute approximate surface area is 192 Å². The molecule has 7 heteroatoms. The fourth-order valence-corrected chi connectivity index (χ4v) is 5.00. The highest BCUT2D eigenvalue weighted by atomic mass is 16.5. The topological polar surface area (TPSA) is 81.0 Å². The van der Waals surface area contributed by atoms with Gasteiger partial charge in [0, 0.05) is 12.1 Å². The quantitative estimate of drug-likeness (QED) is 0.646. The first-order valence-electron chi connectivity index (χ1n) is 11.0. The molecular weight excluding hydrogens is 420 g/mol. The third-order valence-electron chi connectivity index (χ3n) is 6.54. The lowest BCUT2D eigenvalue weighted by Crippen LogP contribution is -2.50. The Hall–Kier alpha value is -3.74. The van der Waals surface area contributed by atoms with Gasteiger partial charge in [-0.25, -0.2) is 0 Å². The van der Waals surface area contributed by atoms with Crippen LogP contribution in [0.25, 0.3) is 0 Å². The zero-order valence-corrected chi connectivity index (χ0v) is 18.9. The van der Waals surface area contributed by atoms with E-state index < -0.39 is 12.0 Å². The maximum absolute atomic E-state index is 13.7. The number of hydrogen-bond acceptors (Lipinski definition) is 5. The van der Waals surface area contributed by atoms with E-state index in [1.54, 1.807) is 19.2 Å². The SMILES string of the molecule is COc1cc2c(cc1OC)[C@@H](C(=O)NCc1ccc(C)o1)[C@H]1c3ccccc3CCN1C2=O. The first kappa shape index (κ1) is 21.1. The third kappa shape index (κ3) is 3.53. The monoisotopic (exact) mass is 446 g/mol. The molecule has 0 unspecified atom stereocenters. The standard InChI is InChI=1S/C26H26N2O5/c1-15-8-9-17(33-15)14-27-25(29)23-19-12-21(31-2)22(32-3)13-20(19)26(30)28-11-10-16-6-4-5-7-18(16)24(23)28/h4-9,12-13,23-24H,10-11,14H2,1-3H3,(H,27,29)/t23-,24-/m1/s1. The fraction of sp³-hybridized carbons (Fsp3) is 0.308. The number of carbonyl (C=O) groups excluding carboxylic acids is 2. The molecule has 2 aliphatic rings. The minimum Gasteiger partial charge on any atom is -0.493 e. The number of rotatable bonds is 5. The first-order valence-corrected chi connectivity index (χ1v) is 11.0. The number of nitrogens with zero attached hydrogens (tertiary/aromatic N) is 1. The molecule has 1 N–H and O–H groups in total. The van der Waals surface area contributed by atoms with Crippen molar-refractivity contribution in [3.63, 3.8) is 0 Å². The number of hydrogen-bond donors (Lipinski definition) is 1. The van der Waals surface area contributed by atoms with Crippen LogP contribution in [0.2, 0.25) is 0 Å². The van der Waals surface area contributed by atoms with Gasteiger partial charge in [0.1, 0.15) is 11.5 Å². The van der Waals surface area contributed by atoms with Crippen LogP contribution in [0.5, 0.6) is 11.5 Å². The number of methoxy groups -OCH3 is 2. The maximum Gasteiger partial charge on any atom is 0.254 e. The molecule has 2 atom stereocenters. The summed E-state index contributed by atoms with van der Waals surface area (Å²) < 4.78 is 16.6. The highest BCUT2D eigenvalue weighted by Crippen LogP contribution is 2.48. The van der Waals surface area contributed by atoms with E-state index in [1.807, 2.05) is 42.2 Å². The summed E-state index contributed by atoms with van der Waals surface area (Å²) in [7, 11) is 3.08. The molecule has 0 saturated carbocycles. The van der Waals surface area contributed by atoms with Gasteiger partial charge in [0.2, 0.25) is 5.91 Å². The first-order chi connectivity index (χ1) is 16.0. The summed E-state index contributed by atoms with van der Waals surface area (Å²) in [4.78, 5) is 29.1. The number of benzene rings is 2. The fourth-order valence-electron chi connectivity index (χ4n) is 5.00. The van der Waals surface area contributed by atoms with Gasteiger partial charge in [-0.3, -0.25) is 9.59 Å².